The monoisotopic (exact) mass is 263 g/mol. The van der Waals surface area contributed by atoms with Crippen LogP contribution >= 0.6 is 11.8 Å². The topological polar surface area (TPSA) is 85.1 Å². The van der Waals surface area contributed by atoms with Crippen LogP contribution in [0.25, 0.3) is 0 Å². The number of nitrogens with two attached hydrogens (primary N) is 1. The fourth-order valence-corrected chi connectivity index (χ4v) is 2.21. The van der Waals surface area contributed by atoms with Crippen molar-refractivity contribution in [3.05, 3.63) is 41.8 Å². The molecule has 1 heterocycles. The summed E-state index contributed by atoms with van der Waals surface area (Å²) >= 11 is 1.48. The zero-order valence-corrected chi connectivity index (χ0v) is 10.7. The Morgan fingerprint density at radius 1 is 1.56 bits per heavy atom. The predicted octanol–water partition coefficient (Wildman–Crippen LogP) is 2.26. The summed E-state index contributed by atoms with van der Waals surface area (Å²) in [5, 5.41) is 8.13. The van der Waals surface area contributed by atoms with Crippen molar-refractivity contribution in [2.45, 2.75) is 11.0 Å². The molecule has 0 fully saturated rings. The van der Waals surface area contributed by atoms with Crippen molar-refractivity contribution in [3.63, 3.8) is 0 Å². The molecule has 6 heteroatoms. The minimum atomic E-state index is -0.00479. The molecular formula is C12H13N3O2S. The molecule has 0 radical (unpaired) electrons. The third-order valence-electron chi connectivity index (χ3n) is 2.33. The number of amidine groups is 1. The molecule has 0 spiro atoms. The molecule has 0 unspecified atom stereocenters. The van der Waals surface area contributed by atoms with Gasteiger partial charge in [-0.1, -0.05) is 17.8 Å². The lowest BCUT2D eigenvalue weighted by Gasteiger charge is -2.08. The summed E-state index contributed by atoms with van der Waals surface area (Å²) in [6, 6.07) is 5.58. The Morgan fingerprint density at radius 3 is 3.00 bits per heavy atom. The summed E-state index contributed by atoms with van der Waals surface area (Å²) in [5.74, 6) is 1.30. The van der Waals surface area contributed by atoms with Gasteiger partial charge in [0.05, 0.1) is 18.9 Å². The normalized spacial score (nSPS) is 10.3. The number of thioether (sulfide) groups is 1. The number of oxazole rings is 1. The van der Waals surface area contributed by atoms with Crippen molar-refractivity contribution in [3.8, 4) is 5.75 Å². The number of aromatic nitrogens is 1. The molecule has 18 heavy (non-hydrogen) atoms. The highest BCUT2D eigenvalue weighted by molar-refractivity contribution is 7.98. The van der Waals surface area contributed by atoms with E-state index in [-0.39, 0.29) is 5.84 Å². The smallest absolute Gasteiger partial charge is 0.255 e. The summed E-state index contributed by atoms with van der Waals surface area (Å²) in [6.45, 7) is 0. The maximum absolute atomic E-state index is 7.51. The Morgan fingerprint density at radius 2 is 2.39 bits per heavy atom. The number of rotatable bonds is 5. The average molecular weight is 263 g/mol. The van der Waals surface area contributed by atoms with Gasteiger partial charge >= 0.3 is 0 Å². The number of nitrogens with zero attached hydrogens (tertiary/aromatic N) is 1. The zero-order chi connectivity index (χ0) is 13.0. The van der Waals surface area contributed by atoms with Gasteiger partial charge in [0.25, 0.3) is 5.22 Å². The third kappa shape index (κ3) is 2.84. The number of methoxy groups -OCH3 is 1. The van der Waals surface area contributed by atoms with Crippen LogP contribution in [0.2, 0.25) is 0 Å². The summed E-state index contributed by atoms with van der Waals surface area (Å²) < 4.78 is 10.3. The number of ether oxygens (including phenoxy) is 1. The van der Waals surface area contributed by atoms with E-state index in [1.54, 1.807) is 13.3 Å². The van der Waals surface area contributed by atoms with Crippen LogP contribution in [0.4, 0.5) is 0 Å². The second kappa shape index (κ2) is 5.59. The highest BCUT2D eigenvalue weighted by atomic mass is 32.2. The highest BCUT2D eigenvalue weighted by Gasteiger charge is 2.08. The number of hydrogen-bond donors (Lipinski definition) is 2. The first-order valence-electron chi connectivity index (χ1n) is 5.24. The van der Waals surface area contributed by atoms with Gasteiger partial charge in [-0.05, 0) is 17.7 Å². The SMILES string of the molecule is COc1ccc(CSc2ncco2)cc1C(=N)N. The molecule has 1 aromatic heterocycles. The molecule has 94 valence electrons. The van der Waals surface area contributed by atoms with Crippen LogP contribution in [-0.4, -0.2) is 17.9 Å². The van der Waals surface area contributed by atoms with Crippen LogP contribution < -0.4 is 10.5 Å². The molecule has 0 aliphatic heterocycles. The van der Waals surface area contributed by atoms with Crippen molar-refractivity contribution in [2.75, 3.05) is 7.11 Å². The number of hydrogen-bond acceptors (Lipinski definition) is 5. The Hall–Kier alpha value is -1.95. The van der Waals surface area contributed by atoms with E-state index in [4.69, 9.17) is 20.3 Å². The summed E-state index contributed by atoms with van der Waals surface area (Å²) in [7, 11) is 1.56. The molecule has 0 amide bonds. The maximum atomic E-state index is 7.51. The standard InChI is InChI=1S/C12H13N3O2S/c1-16-10-3-2-8(6-9(10)11(13)14)7-18-12-15-4-5-17-12/h2-6H,7H2,1H3,(H3,13,14). The van der Waals surface area contributed by atoms with Gasteiger partial charge in [0.1, 0.15) is 17.8 Å². The first kappa shape index (κ1) is 12.5. The van der Waals surface area contributed by atoms with Gasteiger partial charge in [-0.3, -0.25) is 5.41 Å². The van der Waals surface area contributed by atoms with Crippen molar-refractivity contribution in [1.29, 1.82) is 5.41 Å². The van der Waals surface area contributed by atoms with E-state index < -0.39 is 0 Å². The van der Waals surface area contributed by atoms with Gasteiger partial charge in [-0.15, -0.1) is 0 Å². The Kier molecular flexibility index (Phi) is 3.88. The van der Waals surface area contributed by atoms with Crippen LogP contribution in [0.1, 0.15) is 11.1 Å². The quantitative estimate of drug-likeness (QED) is 0.491. The van der Waals surface area contributed by atoms with E-state index in [1.165, 1.54) is 18.0 Å². The molecule has 0 saturated carbocycles. The molecule has 2 aromatic rings. The van der Waals surface area contributed by atoms with Crippen molar-refractivity contribution in [2.24, 2.45) is 5.73 Å². The van der Waals surface area contributed by atoms with E-state index in [0.717, 1.165) is 5.56 Å². The summed E-state index contributed by atoms with van der Waals surface area (Å²) in [4.78, 5) is 4.03. The van der Waals surface area contributed by atoms with Crippen LogP contribution in [0.15, 0.2) is 40.3 Å². The minimum Gasteiger partial charge on any atom is -0.496 e. The van der Waals surface area contributed by atoms with Crippen LogP contribution in [0.5, 0.6) is 5.75 Å². The number of nitrogens with one attached hydrogen (secondary N) is 1. The fourth-order valence-electron chi connectivity index (χ4n) is 1.48. The van der Waals surface area contributed by atoms with Gasteiger partial charge in [0.15, 0.2) is 0 Å². The largest absolute Gasteiger partial charge is 0.496 e. The molecule has 5 nitrogen and oxygen atoms in total. The Labute approximate surface area is 109 Å². The lowest BCUT2D eigenvalue weighted by atomic mass is 10.1. The van der Waals surface area contributed by atoms with Crippen LogP contribution in [0.3, 0.4) is 0 Å². The molecular weight excluding hydrogens is 250 g/mol. The summed E-state index contributed by atoms with van der Waals surface area (Å²) in [6.07, 6.45) is 3.15. The van der Waals surface area contributed by atoms with Gasteiger partial charge in [0.2, 0.25) is 0 Å². The zero-order valence-electron chi connectivity index (χ0n) is 9.84. The van der Waals surface area contributed by atoms with Gasteiger partial charge in [0, 0.05) is 5.75 Å². The number of benzene rings is 1. The van der Waals surface area contributed by atoms with E-state index in [2.05, 4.69) is 4.98 Å². The van der Waals surface area contributed by atoms with Gasteiger partial charge in [-0.25, -0.2) is 4.98 Å². The molecule has 0 bridgehead atoms. The maximum Gasteiger partial charge on any atom is 0.255 e. The predicted molar refractivity (Wildman–Crippen MR) is 70.1 cm³/mol. The van der Waals surface area contributed by atoms with E-state index in [0.29, 0.717) is 22.3 Å². The second-order valence-electron chi connectivity index (χ2n) is 3.53. The third-order valence-corrected chi connectivity index (χ3v) is 3.25. The Bertz CT molecular complexity index is 540. The molecule has 0 aliphatic rings. The summed E-state index contributed by atoms with van der Waals surface area (Å²) in [5.41, 5.74) is 7.15. The van der Waals surface area contributed by atoms with Crippen molar-refractivity contribution in [1.82, 2.24) is 4.98 Å². The molecule has 1 aromatic carbocycles. The van der Waals surface area contributed by atoms with E-state index in [9.17, 15) is 0 Å². The first-order valence-corrected chi connectivity index (χ1v) is 6.23. The van der Waals surface area contributed by atoms with Crippen molar-refractivity contribution >= 4 is 17.6 Å². The van der Waals surface area contributed by atoms with E-state index >= 15 is 0 Å². The Balaban J connectivity index is 2.14. The molecule has 0 atom stereocenters. The molecule has 0 saturated heterocycles. The van der Waals surface area contributed by atoms with E-state index in [1.807, 2.05) is 18.2 Å². The highest BCUT2D eigenvalue weighted by Crippen LogP contribution is 2.25. The average Bonchev–Trinajstić information content (AvgIpc) is 2.89. The first-order chi connectivity index (χ1) is 8.70. The van der Waals surface area contributed by atoms with Gasteiger partial charge in [-0.2, -0.15) is 0 Å². The van der Waals surface area contributed by atoms with Crippen LogP contribution in [0, 0.1) is 5.41 Å². The number of nitrogen functional groups attached to an aromatic ring is 1. The fraction of sp³-hybridized carbons (Fsp3) is 0.167. The lowest BCUT2D eigenvalue weighted by Crippen LogP contribution is -2.12. The molecule has 2 rings (SSSR count). The lowest BCUT2D eigenvalue weighted by molar-refractivity contribution is 0.413. The van der Waals surface area contributed by atoms with Crippen molar-refractivity contribution < 1.29 is 9.15 Å². The molecule has 0 aliphatic carbocycles. The second-order valence-corrected chi connectivity index (χ2v) is 4.46. The van der Waals surface area contributed by atoms with Crippen LogP contribution in [-0.2, 0) is 5.75 Å². The molecule has 3 N–H and O–H groups in total. The van der Waals surface area contributed by atoms with Gasteiger partial charge < -0.3 is 14.9 Å². The minimum absolute atomic E-state index is 0.00479.